The Kier molecular flexibility index (Phi) is 7.87. The Morgan fingerprint density at radius 2 is 1.62 bits per heavy atom. The molecule has 3 rings (SSSR count). The van der Waals surface area contributed by atoms with E-state index in [1.165, 1.54) is 23.3 Å². The minimum atomic E-state index is -0.996. The average Bonchev–Trinajstić information content (AvgIpc) is 2.77. The van der Waals surface area contributed by atoms with Crippen LogP contribution in [0, 0.1) is 17.6 Å². The molecule has 0 bridgehead atoms. The number of halogens is 2. The molecule has 29 heavy (non-hydrogen) atoms. The lowest BCUT2D eigenvalue weighted by atomic mass is 9.94. The topological polar surface area (TPSA) is 27.7 Å². The quantitative estimate of drug-likeness (QED) is 0.462. The van der Waals surface area contributed by atoms with Crippen molar-refractivity contribution in [2.45, 2.75) is 52.1 Å². The molecule has 0 N–H and O–H groups in total. The fourth-order valence-electron chi connectivity index (χ4n) is 3.44. The first-order chi connectivity index (χ1) is 14.1. The molecule has 0 radical (unpaired) electrons. The maximum Gasteiger partial charge on any atom is 0.204 e. The van der Waals surface area contributed by atoms with Crippen LogP contribution in [0.1, 0.15) is 56.8 Å². The average molecular weight is 404 g/mol. The molecule has 0 aliphatic carbocycles. The van der Waals surface area contributed by atoms with Crippen LogP contribution in [-0.2, 0) is 11.2 Å². The van der Waals surface area contributed by atoms with Crippen LogP contribution >= 0.6 is 0 Å². The molecule has 0 saturated carbocycles. The van der Waals surface area contributed by atoms with E-state index in [-0.39, 0.29) is 23.5 Å². The number of unbranched alkanes of at least 4 members (excludes halogenated alkanes) is 1. The van der Waals surface area contributed by atoms with Gasteiger partial charge in [0.2, 0.25) is 11.6 Å². The highest BCUT2D eigenvalue weighted by Crippen LogP contribution is 2.32. The molecular formula is C24H30F2O3. The molecule has 2 aromatic rings. The van der Waals surface area contributed by atoms with E-state index in [4.69, 9.17) is 14.2 Å². The third-order valence-electron chi connectivity index (χ3n) is 5.37. The van der Waals surface area contributed by atoms with Gasteiger partial charge >= 0.3 is 0 Å². The third-order valence-corrected chi connectivity index (χ3v) is 5.37. The third kappa shape index (κ3) is 5.69. The van der Waals surface area contributed by atoms with Crippen LogP contribution in [0.25, 0.3) is 0 Å². The first-order valence-corrected chi connectivity index (χ1v) is 10.6. The molecule has 1 heterocycles. The van der Waals surface area contributed by atoms with Crippen LogP contribution in [0.5, 0.6) is 11.5 Å². The molecule has 1 saturated heterocycles. The summed E-state index contributed by atoms with van der Waals surface area (Å²) in [6.45, 7) is 5.36. The van der Waals surface area contributed by atoms with Gasteiger partial charge < -0.3 is 14.2 Å². The van der Waals surface area contributed by atoms with Gasteiger partial charge in [0.25, 0.3) is 0 Å². The molecule has 2 unspecified atom stereocenters. The molecule has 5 heteroatoms. The summed E-state index contributed by atoms with van der Waals surface area (Å²) in [5.41, 5.74) is 2.50. The molecular weight excluding hydrogens is 374 g/mol. The molecule has 2 aromatic carbocycles. The highest BCUT2D eigenvalue weighted by atomic mass is 19.2. The van der Waals surface area contributed by atoms with Gasteiger partial charge in [-0.15, -0.1) is 0 Å². The van der Waals surface area contributed by atoms with Gasteiger partial charge in [0.1, 0.15) is 0 Å². The van der Waals surface area contributed by atoms with Gasteiger partial charge in [-0.25, -0.2) is 0 Å². The van der Waals surface area contributed by atoms with Gasteiger partial charge in [-0.2, -0.15) is 8.78 Å². The maximum atomic E-state index is 14.3. The van der Waals surface area contributed by atoms with Gasteiger partial charge in [0.05, 0.1) is 25.9 Å². The fourth-order valence-corrected chi connectivity index (χ4v) is 3.44. The Bertz CT molecular complexity index is 768. The normalized spacial score (nSPS) is 19.2. The summed E-state index contributed by atoms with van der Waals surface area (Å²) >= 11 is 0. The molecule has 1 aliphatic heterocycles. The highest BCUT2D eigenvalue weighted by molar-refractivity contribution is 5.35. The second-order valence-electron chi connectivity index (χ2n) is 7.56. The van der Waals surface area contributed by atoms with Crippen molar-refractivity contribution in [1.29, 1.82) is 0 Å². The van der Waals surface area contributed by atoms with Gasteiger partial charge in [-0.1, -0.05) is 44.5 Å². The van der Waals surface area contributed by atoms with Gasteiger partial charge in [0.15, 0.2) is 11.5 Å². The van der Waals surface area contributed by atoms with Crippen molar-refractivity contribution in [1.82, 2.24) is 0 Å². The van der Waals surface area contributed by atoms with Crippen LogP contribution < -0.4 is 9.47 Å². The first kappa shape index (κ1) is 21.6. The Morgan fingerprint density at radius 3 is 2.21 bits per heavy atom. The molecule has 1 fully saturated rings. The molecule has 0 aromatic heterocycles. The van der Waals surface area contributed by atoms with E-state index in [2.05, 4.69) is 31.2 Å². The second-order valence-corrected chi connectivity index (χ2v) is 7.56. The van der Waals surface area contributed by atoms with Crippen LogP contribution in [-0.4, -0.2) is 19.8 Å². The second kappa shape index (κ2) is 10.6. The van der Waals surface area contributed by atoms with Gasteiger partial charge in [0, 0.05) is 5.92 Å². The lowest BCUT2D eigenvalue weighted by Crippen LogP contribution is -2.25. The number of benzene rings is 2. The van der Waals surface area contributed by atoms with Crippen LogP contribution in [0.4, 0.5) is 8.78 Å². The minimum absolute atomic E-state index is 0.0683. The zero-order valence-corrected chi connectivity index (χ0v) is 17.3. The summed E-state index contributed by atoms with van der Waals surface area (Å²) in [5, 5.41) is 0. The largest absolute Gasteiger partial charge is 0.490 e. The number of aryl methyl sites for hydroxylation is 1. The van der Waals surface area contributed by atoms with Crippen molar-refractivity contribution in [2.75, 3.05) is 19.8 Å². The van der Waals surface area contributed by atoms with E-state index in [1.807, 2.05) is 6.92 Å². The summed E-state index contributed by atoms with van der Waals surface area (Å²) in [6.07, 6.45) is 4.65. The Labute approximate surface area is 172 Å². The Balaban J connectivity index is 1.49. The molecule has 2 atom stereocenters. The number of hydrogen-bond acceptors (Lipinski definition) is 3. The summed E-state index contributed by atoms with van der Waals surface area (Å²) in [5.74, 6) is -1.98. The van der Waals surface area contributed by atoms with E-state index < -0.39 is 11.6 Å². The smallest absolute Gasteiger partial charge is 0.204 e. The maximum absolute atomic E-state index is 14.3. The fraction of sp³-hybridized carbons (Fsp3) is 0.500. The summed E-state index contributed by atoms with van der Waals surface area (Å²) in [7, 11) is 0. The van der Waals surface area contributed by atoms with Crippen molar-refractivity contribution < 1.29 is 23.0 Å². The zero-order valence-electron chi connectivity index (χ0n) is 17.3. The van der Waals surface area contributed by atoms with E-state index >= 15 is 0 Å². The molecule has 0 amide bonds. The molecule has 158 valence electrons. The summed E-state index contributed by atoms with van der Waals surface area (Å²) in [4.78, 5) is 0. The van der Waals surface area contributed by atoms with E-state index in [0.29, 0.717) is 19.8 Å². The standard InChI is InChI=1S/C24H30F2O3/c1-3-5-14-27-21-12-13-22(24(26)23(21)25)29-16-18-8-11-20(28-15-18)19-9-6-17(4-2)7-10-19/h6-7,9-10,12-13,18,20H,3-5,8,11,14-16H2,1-2H3. The van der Waals surface area contributed by atoms with E-state index in [0.717, 1.165) is 32.1 Å². The Morgan fingerprint density at radius 1 is 0.931 bits per heavy atom. The van der Waals surface area contributed by atoms with Crippen LogP contribution in [0.15, 0.2) is 36.4 Å². The monoisotopic (exact) mass is 404 g/mol. The Hall–Kier alpha value is -2.14. The predicted octanol–water partition coefficient (Wildman–Crippen LogP) is 6.25. The van der Waals surface area contributed by atoms with E-state index in [9.17, 15) is 8.78 Å². The van der Waals surface area contributed by atoms with Gasteiger partial charge in [-0.05, 0) is 48.9 Å². The lowest BCUT2D eigenvalue weighted by molar-refractivity contribution is -0.0289. The number of hydrogen-bond donors (Lipinski definition) is 0. The first-order valence-electron chi connectivity index (χ1n) is 10.6. The minimum Gasteiger partial charge on any atom is -0.490 e. The van der Waals surface area contributed by atoms with Gasteiger partial charge in [-0.3, -0.25) is 0 Å². The number of ether oxygens (including phenoxy) is 3. The van der Waals surface area contributed by atoms with Crippen LogP contribution in [0.2, 0.25) is 0 Å². The predicted molar refractivity (Wildman–Crippen MR) is 109 cm³/mol. The lowest BCUT2D eigenvalue weighted by Gasteiger charge is -2.29. The summed E-state index contributed by atoms with van der Waals surface area (Å²) < 4.78 is 45.2. The van der Waals surface area contributed by atoms with Crippen molar-refractivity contribution in [3.8, 4) is 11.5 Å². The number of rotatable bonds is 9. The molecule has 3 nitrogen and oxygen atoms in total. The zero-order chi connectivity index (χ0) is 20.6. The highest BCUT2D eigenvalue weighted by Gasteiger charge is 2.24. The SMILES string of the molecule is CCCCOc1ccc(OCC2CCC(c3ccc(CC)cc3)OC2)c(F)c1F. The van der Waals surface area contributed by atoms with Crippen molar-refractivity contribution in [2.24, 2.45) is 5.92 Å². The van der Waals surface area contributed by atoms with Crippen molar-refractivity contribution in [3.63, 3.8) is 0 Å². The van der Waals surface area contributed by atoms with Crippen LogP contribution in [0.3, 0.4) is 0 Å². The van der Waals surface area contributed by atoms with Crippen molar-refractivity contribution >= 4 is 0 Å². The summed E-state index contributed by atoms with van der Waals surface area (Å²) in [6, 6.07) is 11.4. The molecule has 1 aliphatic rings. The van der Waals surface area contributed by atoms with Crippen molar-refractivity contribution in [3.05, 3.63) is 59.2 Å². The molecule has 0 spiro atoms. The van der Waals surface area contributed by atoms with E-state index in [1.54, 1.807) is 0 Å².